The van der Waals surface area contributed by atoms with Crippen LogP contribution in [0.3, 0.4) is 0 Å². The molecule has 0 nitrogen and oxygen atoms in total. The fraction of sp³-hybridized carbons (Fsp3) is 0.157. The van der Waals surface area contributed by atoms with Crippen molar-refractivity contribution in [3.05, 3.63) is 207 Å². The van der Waals surface area contributed by atoms with Crippen LogP contribution >= 0.6 is 0 Å². The maximum atomic E-state index is 2.52. The van der Waals surface area contributed by atoms with Gasteiger partial charge < -0.3 is 0 Å². The molecule has 0 heteroatoms. The van der Waals surface area contributed by atoms with Gasteiger partial charge >= 0.3 is 0 Å². The Morgan fingerprint density at radius 1 is 0.294 bits per heavy atom. The second-order valence-corrected chi connectivity index (χ2v) is 14.5. The van der Waals surface area contributed by atoms with Crippen LogP contribution in [0.5, 0.6) is 0 Å². The maximum Gasteiger partial charge on any atom is 0.0638 e. The van der Waals surface area contributed by atoms with Gasteiger partial charge in [0.05, 0.1) is 22.6 Å². The van der Waals surface area contributed by atoms with E-state index in [0.717, 1.165) is 0 Å². The normalized spacial score (nSPS) is 11.1. The molecule has 7 aromatic carbocycles. The van der Waals surface area contributed by atoms with Crippen molar-refractivity contribution in [3.8, 4) is 44.5 Å². The minimum Gasteiger partial charge on any atom is -0.0587 e. The molecule has 0 saturated carbocycles. The summed E-state index contributed by atoms with van der Waals surface area (Å²) in [7, 11) is 0. The van der Waals surface area contributed by atoms with Gasteiger partial charge in [0, 0.05) is 27.8 Å². The van der Waals surface area contributed by atoms with Crippen LogP contribution in [0, 0.1) is 61.3 Å². The molecule has 0 radical (unpaired) electrons. The molecule has 0 amide bonds. The topological polar surface area (TPSA) is 0 Å². The number of hydrogen-bond donors (Lipinski definition) is 0. The first-order valence-electron chi connectivity index (χ1n) is 18.1. The van der Waals surface area contributed by atoms with Crippen molar-refractivity contribution in [2.75, 3.05) is 0 Å². The Morgan fingerprint density at radius 3 is 1.04 bits per heavy atom. The van der Waals surface area contributed by atoms with Gasteiger partial charge in [0.1, 0.15) is 0 Å². The zero-order valence-corrected chi connectivity index (χ0v) is 31.3. The summed E-state index contributed by atoms with van der Waals surface area (Å²) in [6.07, 6.45) is 0. The number of benzene rings is 7. The Morgan fingerprint density at radius 2 is 0.647 bits per heavy atom. The molecule has 0 heterocycles. The van der Waals surface area contributed by atoms with Gasteiger partial charge in [0.15, 0.2) is 0 Å². The summed E-state index contributed by atoms with van der Waals surface area (Å²) in [4.78, 5) is 0. The Balaban J connectivity index is 1.79. The predicted octanol–water partition coefficient (Wildman–Crippen LogP) is 13.8. The molecule has 0 unspecified atom stereocenters. The molecule has 0 aliphatic rings. The van der Waals surface area contributed by atoms with E-state index in [1.54, 1.807) is 0 Å². The van der Waals surface area contributed by atoms with Gasteiger partial charge in [0.25, 0.3) is 0 Å². The second-order valence-electron chi connectivity index (χ2n) is 14.5. The van der Waals surface area contributed by atoms with E-state index in [2.05, 4.69) is 195 Å². The van der Waals surface area contributed by atoms with Crippen LogP contribution in [0.15, 0.2) is 140 Å². The second kappa shape index (κ2) is 14.0. The zero-order chi connectivity index (χ0) is 35.8. The standard InChI is InChI=1S/C51H47/c1-32-19-23-42(36(5)27-32)46-31-47(48(40-15-11-9-12-16-40)41-17-13-10-14-18-41)50(44-25-21-34(3)29-38(44)7)51(45-26-22-35(4)30-39(45)8)49(46)43-24-20-33(2)28-37(43)6/h9-31H,1-8H3/q+1. The van der Waals surface area contributed by atoms with Gasteiger partial charge in [-0.3, -0.25) is 0 Å². The van der Waals surface area contributed by atoms with E-state index in [1.807, 2.05) is 0 Å². The number of rotatable bonds is 7. The average molecular weight is 660 g/mol. The highest BCUT2D eigenvalue weighted by Crippen LogP contribution is 2.53. The summed E-state index contributed by atoms with van der Waals surface area (Å²) < 4.78 is 0. The van der Waals surface area contributed by atoms with Gasteiger partial charge in [-0.05, 0) is 155 Å². The minimum absolute atomic E-state index is 1.20. The highest BCUT2D eigenvalue weighted by molar-refractivity contribution is 6.06. The van der Waals surface area contributed by atoms with E-state index in [0.29, 0.717) is 0 Å². The molecule has 0 aromatic heterocycles. The third-order valence-electron chi connectivity index (χ3n) is 10.3. The lowest BCUT2D eigenvalue weighted by molar-refractivity contribution is 1.22. The number of aryl methyl sites for hydroxylation is 8. The van der Waals surface area contributed by atoms with Crippen LogP contribution in [0.25, 0.3) is 44.5 Å². The summed E-state index contributed by atoms with van der Waals surface area (Å²) in [5.41, 5.74) is 23.9. The van der Waals surface area contributed by atoms with Gasteiger partial charge in [-0.1, -0.05) is 101 Å². The smallest absolute Gasteiger partial charge is 0.0587 e. The fourth-order valence-electron chi connectivity index (χ4n) is 8.01. The Kier molecular flexibility index (Phi) is 9.28. The molecule has 0 fully saturated rings. The Bertz CT molecular complexity index is 2330. The number of hydrogen-bond acceptors (Lipinski definition) is 0. The van der Waals surface area contributed by atoms with Crippen molar-refractivity contribution in [1.82, 2.24) is 0 Å². The lowest BCUT2D eigenvalue weighted by Crippen LogP contribution is -2.10. The summed E-state index contributed by atoms with van der Waals surface area (Å²) >= 11 is 0. The largest absolute Gasteiger partial charge is 0.0638 e. The molecule has 250 valence electrons. The van der Waals surface area contributed by atoms with Crippen molar-refractivity contribution in [3.63, 3.8) is 0 Å². The molecular weight excluding hydrogens is 613 g/mol. The molecule has 0 saturated heterocycles. The van der Waals surface area contributed by atoms with Crippen molar-refractivity contribution in [2.45, 2.75) is 55.4 Å². The summed E-state index contributed by atoms with van der Waals surface area (Å²) in [6.45, 7) is 17.9. The average Bonchev–Trinajstić information content (AvgIpc) is 3.10. The van der Waals surface area contributed by atoms with Crippen LogP contribution in [0.1, 0.15) is 61.2 Å². The van der Waals surface area contributed by atoms with E-state index < -0.39 is 0 Å². The third kappa shape index (κ3) is 6.55. The molecule has 0 aliphatic heterocycles. The molecule has 7 aromatic rings. The molecule has 0 N–H and O–H groups in total. The molecule has 51 heavy (non-hydrogen) atoms. The first-order chi connectivity index (χ1) is 24.6. The Labute approximate surface area is 305 Å². The summed E-state index contributed by atoms with van der Waals surface area (Å²) in [5, 5.41) is 0. The van der Waals surface area contributed by atoms with E-state index >= 15 is 0 Å². The summed E-state index contributed by atoms with van der Waals surface area (Å²) in [5.74, 6) is 1.23. The maximum absolute atomic E-state index is 2.52. The van der Waals surface area contributed by atoms with E-state index in [-0.39, 0.29) is 0 Å². The van der Waals surface area contributed by atoms with Crippen LogP contribution < -0.4 is 0 Å². The lowest BCUT2D eigenvalue weighted by Gasteiger charge is -2.27. The molecular formula is C51H47+. The molecule has 0 aliphatic carbocycles. The predicted molar refractivity (Wildman–Crippen MR) is 220 cm³/mol. The van der Waals surface area contributed by atoms with Crippen molar-refractivity contribution in [2.24, 2.45) is 0 Å². The minimum atomic E-state index is 1.20. The fourth-order valence-corrected chi connectivity index (χ4v) is 8.01. The van der Waals surface area contributed by atoms with Gasteiger partial charge in [-0.2, -0.15) is 0 Å². The first-order valence-corrected chi connectivity index (χ1v) is 18.1. The Hall–Kier alpha value is -5.59. The lowest BCUT2D eigenvalue weighted by atomic mass is 9.72. The van der Waals surface area contributed by atoms with E-state index in [4.69, 9.17) is 0 Å². The monoisotopic (exact) mass is 659 g/mol. The third-order valence-corrected chi connectivity index (χ3v) is 10.3. The van der Waals surface area contributed by atoms with Gasteiger partial charge in [-0.25, -0.2) is 0 Å². The van der Waals surface area contributed by atoms with Crippen LogP contribution in [-0.2, 0) is 0 Å². The first kappa shape index (κ1) is 33.9. The van der Waals surface area contributed by atoms with Crippen molar-refractivity contribution in [1.29, 1.82) is 0 Å². The van der Waals surface area contributed by atoms with Crippen molar-refractivity contribution < 1.29 is 0 Å². The van der Waals surface area contributed by atoms with Crippen LogP contribution in [-0.4, -0.2) is 0 Å². The van der Waals surface area contributed by atoms with Crippen LogP contribution in [0.4, 0.5) is 0 Å². The van der Waals surface area contributed by atoms with Crippen LogP contribution in [0.2, 0.25) is 0 Å². The highest BCUT2D eigenvalue weighted by atomic mass is 14.3. The summed E-state index contributed by atoms with van der Waals surface area (Å²) in [6, 6.07) is 52.3. The zero-order valence-electron chi connectivity index (χ0n) is 31.3. The van der Waals surface area contributed by atoms with Gasteiger partial charge in [-0.15, -0.1) is 0 Å². The van der Waals surface area contributed by atoms with E-state index in [1.165, 1.54) is 112 Å². The van der Waals surface area contributed by atoms with E-state index in [9.17, 15) is 0 Å². The molecule has 0 atom stereocenters. The van der Waals surface area contributed by atoms with Crippen molar-refractivity contribution >= 4 is 0 Å². The van der Waals surface area contributed by atoms with Gasteiger partial charge in [0.2, 0.25) is 0 Å². The SMILES string of the molecule is Cc1ccc(-c2cc([C+](c3ccccc3)c3ccccc3)c(-c3ccc(C)cc3C)c(-c3ccc(C)cc3C)c2-c2ccc(C)cc2C)c(C)c1. The molecule has 0 spiro atoms. The highest BCUT2D eigenvalue weighted by Gasteiger charge is 2.34. The molecule has 0 bridgehead atoms. The molecule has 7 rings (SSSR count). The quantitative estimate of drug-likeness (QED) is 0.118.